The fourth-order valence-corrected chi connectivity index (χ4v) is 4.95. The van der Waals surface area contributed by atoms with Crippen LogP contribution in [-0.2, 0) is 14.3 Å². The van der Waals surface area contributed by atoms with Crippen molar-refractivity contribution < 1.29 is 19.1 Å². The highest BCUT2D eigenvalue weighted by Gasteiger charge is 2.58. The zero-order valence-electron chi connectivity index (χ0n) is 14.5. The van der Waals surface area contributed by atoms with E-state index < -0.39 is 16.9 Å². The molecule has 0 bridgehead atoms. The monoisotopic (exact) mass is 401 g/mol. The number of thioether (sulfide) groups is 1. The summed E-state index contributed by atoms with van der Waals surface area (Å²) < 4.78 is 5.53. The van der Waals surface area contributed by atoms with E-state index >= 15 is 0 Å². The summed E-state index contributed by atoms with van der Waals surface area (Å²) in [5.41, 5.74) is 1.14. The van der Waals surface area contributed by atoms with E-state index in [2.05, 4.69) is 0 Å². The van der Waals surface area contributed by atoms with Crippen LogP contribution in [0.5, 0.6) is 0 Å². The molecule has 0 N–H and O–H groups in total. The third-order valence-electron chi connectivity index (χ3n) is 4.77. The maximum absolute atomic E-state index is 13.1. The maximum atomic E-state index is 13.1. The van der Waals surface area contributed by atoms with Gasteiger partial charge < -0.3 is 4.74 Å². The number of para-hydroxylation sites is 1. The number of amides is 1. The highest BCUT2D eigenvalue weighted by Crippen LogP contribution is 2.56. The second-order valence-corrected chi connectivity index (χ2v) is 8.26. The van der Waals surface area contributed by atoms with E-state index in [9.17, 15) is 14.4 Å². The van der Waals surface area contributed by atoms with Crippen LogP contribution in [0.4, 0.5) is 5.69 Å². The summed E-state index contributed by atoms with van der Waals surface area (Å²) in [6, 6.07) is 13.8. The van der Waals surface area contributed by atoms with Crippen LogP contribution in [0.3, 0.4) is 0 Å². The Morgan fingerprint density at radius 1 is 1.19 bits per heavy atom. The van der Waals surface area contributed by atoms with Gasteiger partial charge in [-0.15, -0.1) is 0 Å². The normalized spacial score (nSPS) is 21.6. The predicted molar refractivity (Wildman–Crippen MR) is 103 cm³/mol. The van der Waals surface area contributed by atoms with E-state index in [0.717, 1.165) is 10.6 Å². The average Bonchev–Trinajstić information content (AvgIpc) is 3.17. The lowest BCUT2D eigenvalue weighted by Gasteiger charge is -2.29. The molecule has 7 heteroatoms. The fraction of sp³-hybridized carbons (Fsp3) is 0.250. The molecular formula is C20H16ClNO4S. The molecule has 2 aromatic carbocycles. The van der Waals surface area contributed by atoms with Crippen LogP contribution in [0.25, 0.3) is 0 Å². The molecule has 0 aromatic heterocycles. The highest BCUT2D eigenvalue weighted by atomic mass is 35.5. The number of ether oxygens (including phenoxy) is 1. The molecule has 2 aliphatic heterocycles. The third kappa shape index (κ3) is 2.93. The molecule has 2 aromatic rings. The van der Waals surface area contributed by atoms with Gasteiger partial charge in [-0.25, -0.2) is 4.79 Å². The molecule has 0 aliphatic carbocycles. The minimum atomic E-state index is -1.13. The number of Topliss-reactive ketones (excluding diaryl/α,β-unsaturated/α-hetero) is 1. The first-order valence-corrected chi connectivity index (χ1v) is 9.74. The number of fused-ring (bicyclic) bond motifs is 3. The van der Waals surface area contributed by atoms with E-state index in [-0.39, 0.29) is 18.1 Å². The topological polar surface area (TPSA) is 63.7 Å². The predicted octanol–water partition coefficient (Wildman–Crippen LogP) is 4.08. The maximum Gasteiger partial charge on any atom is 0.344 e. The van der Waals surface area contributed by atoms with Gasteiger partial charge >= 0.3 is 5.97 Å². The van der Waals surface area contributed by atoms with Crippen molar-refractivity contribution in [3.8, 4) is 0 Å². The molecule has 2 atom stereocenters. The number of esters is 1. The summed E-state index contributed by atoms with van der Waals surface area (Å²) in [5, 5.41) is 0.523. The Hall–Kier alpha value is -2.31. The smallest absolute Gasteiger partial charge is 0.344 e. The molecule has 0 unspecified atom stereocenters. The number of carbonyl (C=O) groups is 3. The first-order valence-electron chi connectivity index (χ1n) is 8.54. The van der Waals surface area contributed by atoms with Crippen molar-refractivity contribution in [1.29, 1.82) is 0 Å². The van der Waals surface area contributed by atoms with Crippen LogP contribution in [0.2, 0.25) is 5.02 Å². The van der Waals surface area contributed by atoms with Crippen molar-refractivity contribution in [2.24, 2.45) is 0 Å². The van der Waals surface area contributed by atoms with Gasteiger partial charge in [0.05, 0.1) is 5.69 Å². The van der Waals surface area contributed by atoms with Crippen molar-refractivity contribution in [2.45, 2.75) is 35.6 Å². The molecule has 1 fully saturated rings. The van der Waals surface area contributed by atoms with Gasteiger partial charge in [-0.2, -0.15) is 0 Å². The van der Waals surface area contributed by atoms with Crippen molar-refractivity contribution >= 4 is 46.7 Å². The Balaban J connectivity index is 1.57. The van der Waals surface area contributed by atoms with Crippen molar-refractivity contribution in [2.75, 3.05) is 4.90 Å². The summed E-state index contributed by atoms with van der Waals surface area (Å²) in [7, 11) is 0. The van der Waals surface area contributed by atoms with Gasteiger partial charge in [-0.1, -0.05) is 35.5 Å². The van der Waals surface area contributed by atoms with E-state index in [1.165, 1.54) is 16.7 Å². The Bertz CT molecular complexity index is 945. The second kappa shape index (κ2) is 6.69. The number of hydrogen-bond acceptors (Lipinski definition) is 5. The number of ketones is 1. The summed E-state index contributed by atoms with van der Waals surface area (Å²) in [5.74, 6) is -0.988. The van der Waals surface area contributed by atoms with Gasteiger partial charge in [0, 0.05) is 28.3 Å². The van der Waals surface area contributed by atoms with E-state index in [4.69, 9.17) is 16.3 Å². The summed E-state index contributed by atoms with van der Waals surface area (Å²) in [6.07, 6.45) is -0.336. The Morgan fingerprint density at radius 2 is 1.89 bits per heavy atom. The SMILES string of the molecule is C[C@@H](OC(=O)[C@@]12CCC(=O)N1c1ccccc1S2)C(=O)c1ccc(Cl)cc1. The van der Waals surface area contributed by atoms with Crippen LogP contribution < -0.4 is 4.90 Å². The Labute approximate surface area is 165 Å². The first kappa shape index (κ1) is 18.1. The van der Waals surface area contributed by atoms with Gasteiger partial charge in [0.15, 0.2) is 11.0 Å². The van der Waals surface area contributed by atoms with Gasteiger partial charge in [-0.05, 0) is 43.3 Å². The zero-order valence-corrected chi connectivity index (χ0v) is 16.0. The van der Waals surface area contributed by atoms with Gasteiger partial charge in [0.25, 0.3) is 0 Å². The fourth-order valence-electron chi connectivity index (χ4n) is 3.43. The highest BCUT2D eigenvalue weighted by molar-refractivity contribution is 8.02. The number of hydrogen-bond donors (Lipinski definition) is 0. The number of nitrogens with zero attached hydrogens (tertiary/aromatic N) is 1. The lowest BCUT2D eigenvalue weighted by Crippen LogP contribution is -2.49. The van der Waals surface area contributed by atoms with Crippen molar-refractivity contribution in [3.63, 3.8) is 0 Å². The lowest BCUT2D eigenvalue weighted by molar-refractivity contribution is -0.149. The number of halogens is 1. The lowest BCUT2D eigenvalue weighted by atomic mass is 10.1. The largest absolute Gasteiger partial charge is 0.452 e. The van der Waals surface area contributed by atoms with Gasteiger partial charge in [0.2, 0.25) is 11.7 Å². The molecule has 5 nitrogen and oxygen atoms in total. The van der Waals surface area contributed by atoms with Crippen LogP contribution >= 0.6 is 23.4 Å². The number of rotatable bonds is 4. The molecule has 1 saturated heterocycles. The molecule has 27 heavy (non-hydrogen) atoms. The molecule has 4 rings (SSSR count). The quantitative estimate of drug-likeness (QED) is 0.570. The first-order chi connectivity index (χ1) is 12.9. The zero-order chi connectivity index (χ0) is 19.2. The minimum Gasteiger partial charge on any atom is -0.452 e. The number of benzene rings is 2. The third-order valence-corrected chi connectivity index (χ3v) is 6.48. The molecule has 138 valence electrons. The summed E-state index contributed by atoms with van der Waals surface area (Å²) in [4.78, 5) is 39.3. The van der Waals surface area contributed by atoms with Crippen molar-refractivity contribution in [1.82, 2.24) is 0 Å². The van der Waals surface area contributed by atoms with Crippen molar-refractivity contribution in [3.05, 3.63) is 59.1 Å². The number of anilines is 1. The Kier molecular flexibility index (Phi) is 4.48. The van der Waals surface area contributed by atoms with E-state index in [0.29, 0.717) is 17.0 Å². The minimum absolute atomic E-state index is 0.110. The molecule has 0 saturated carbocycles. The second-order valence-electron chi connectivity index (χ2n) is 6.50. The average molecular weight is 402 g/mol. The Morgan fingerprint density at radius 3 is 2.63 bits per heavy atom. The molecule has 0 radical (unpaired) electrons. The van der Waals surface area contributed by atoms with E-state index in [1.54, 1.807) is 31.2 Å². The molecule has 2 aliphatic rings. The van der Waals surface area contributed by atoms with Crippen LogP contribution in [0.1, 0.15) is 30.1 Å². The van der Waals surface area contributed by atoms with Gasteiger partial charge in [0.1, 0.15) is 0 Å². The van der Waals surface area contributed by atoms with Crippen LogP contribution in [0, 0.1) is 0 Å². The summed E-state index contributed by atoms with van der Waals surface area (Å²) >= 11 is 7.17. The standard InChI is InChI=1S/C20H16ClNO4S/c1-12(18(24)13-6-8-14(21)9-7-13)26-19(25)20-11-10-17(23)22(20)15-4-2-3-5-16(15)27-20/h2-9,12H,10-11H2,1H3/t12-,20+/m1/s1. The molecule has 2 heterocycles. The van der Waals surface area contributed by atoms with E-state index in [1.807, 2.05) is 24.3 Å². The number of carbonyl (C=O) groups excluding carboxylic acids is 3. The summed E-state index contributed by atoms with van der Waals surface area (Å²) in [6.45, 7) is 1.54. The molecule has 0 spiro atoms. The van der Waals surface area contributed by atoms with Crippen LogP contribution in [-0.4, -0.2) is 28.6 Å². The van der Waals surface area contributed by atoms with Crippen LogP contribution in [0.15, 0.2) is 53.4 Å². The molecule has 1 amide bonds. The van der Waals surface area contributed by atoms with Gasteiger partial charge in [-0.3, -0.25) is 14.5 Å². The molecular weight excluding hydrogens is 386 g/mol.